The van der Waals surface area contributed by atoms with Crippen molar-refractivity contribution < 1.29 is 19.2 Å². The van der Waals surface area contributed by atoms with Gasteiger partial charge in [-0.2, -0.15) is 4.98 Å². The van der Waals surface area contributed by atoms with E-state index in [1.54, 1.807) is 0 Å². The summed E-state index contributed by atoms with van der Waals surface area (Å²) in [5.74, 6) is -0.492. The lowest BCUT2D eigenvalue weighted by molar-refractivity contribution is -0.148. The smallest absolute Gasteiger partial charge is 0.329 e. The van der Waals surface area contributed by atoms with Gasteiger partial charge in [-0.05, 0) is 19.3 Å². The number of carboxylic acid groups (broad SMARTS) is 1. The SMILES string of the molecule is O=C(NCCc1ncon1)NC1(C(=O)O)CCC1. The molecular weight excluding hydrogens is 240 g/mol. The van der Waals surface area contributed by atoms with E-state index < -0.39 is 17.5 Å². The van der Waals surface area contributed by atoms with Gasteiger partial charge in [0, 0.05) is 13.0 Å². The number of carbonyl (C=O) groups is 2. The zero-order valence-corrected chi connectivity index (χ0v) is 9.68. The molecule has 1 aromatic heterocycles. The van der Waals surface area contributed by atoms with Gasteiger partial charge in [0.25, 0.3) is 0 Å². The van der Waals surface area contributed by atoms with E-state index in [4.69, 9.17) is 5.11 Å². The zero-order chi connectivity index (χ0) is 13.0. The molecule has 3 N–H and O–H groups in total. The zero-order valence-electron chi connectivity index (χ0n) is 9.68. The summed E-state index contributed by atoms with van der Waals surface area (Å²) in [6.45, 7) is 0.321. The molecular formula is C10H14N4O4. The number of rotatable bonds is 5. The van der Waals surface area contributed by atoms with Gasteiger partial charge in [-0.25, -0.2) is 9.59 Å². The lowest BCUT2D eigenvalue weighted by Crippen LogP contribution is -2.61. The van der Waals surface area contributed by atoms with Gasteiger partial charge in [-0.15, -0.1) is 0 Å². The van der Waals surface area contributed by atoms with E-state index >= 15 is 0 Å². The van der Waals surface area contributed by atoms with Crippen molar-refractivity contribution in [1.29, 1.82) is 0 Å². The van der Waals surface area contributed by atoms with Gasteiger partial charge in [0.2, 0.25) is 6.39 Å². The van der Waals surface area contributed by atoms with Crippen LogP contribution in [0, 0.1) is 0 Å². The van der Waals surface area contributed by atoms with Gasteiger partial charge >= 0.3 is 12.0 Å². The maximum absolute atomic E-state index is 11.5. The second-order valence-corrected chi connectivity index (χ2v) is 4.22. The number of carboxylic acids is 1. The minimum Gasteiger partial charge on any atom is -0.480 e. The van der Waals surface area contributed by atoms with Crippen LogP contribution in [-0.4, -0.2) is 39.3 Å². The molecule has 1 fully saturated rings. The van der Waals surface area contributed by atoms with E-state index in [1.165, 1.54) is 6.39 Å². The van der Waals surface area contributed by atoms with Crippen molar-refractivity contribution in [2.45, 2.75) is 31.2 Å². The fourth-order valence-electron chi connectivity index (χ4n) is 1.77. The molecule has 0 atom stereocenters. The third-order valence-electron chi connectivity index (χ3n) is 3.01. The summed E-state index contributed by atoms with van der Waals surface area (Å²) in [7, 11) is 0. The van der Waals surface area contributed by atoms with E-state index in [0.717, 1.165) is 6.42 Å². The molecule has 1 heterocycles. The fourth-order valence-corrected chi connectivity index (χ4v) is 1.77. The van der Waals surface area contributed by atoms with Crippen molar-refractivity contribution in [3.05, 3.63) is 12.2 Å². The van der Waals surface area contributed by atoms with Crippen LogP contribution in [0.2, 0.25) is 0 Å². The molecule has 0 unspecified atom stereocenters. The molecule has 1 aliphatic rings. The third-order valence-corrected chi connectivity index (χ3v) is 3.01. The Morgan fingerprint density at radius 2 is 2.28 bits per heavy atom. The number of aromatic nitrogens is 2. The Kier molecular flexibility index (Phi) is 3.45. The first-order valence-electron chi connectivity index (χ1n) is 5.67. The Labute approximate surface area is 103 Å². The van der Waals surface area contributed by atoms with Gasteiger partial charge in [0.15, 0.2) is 5.82 Å². The highest BCUT2D eigenvalue weighted by atomic mass is 16.5. The van der Waals surface area contributed by atoms with Crippen LogP contribution in [0.4, 0.5) is 4.79 Å². The average molecular weight is 254 g/mol. The number of carbonyl (C=O) groups excluding carboxylic acids is 1. The van der Waals surface area contributed by atoms with Gasteiger partial charge in [-0.3, -0.25) is 0 Å². The standard InChI is InChI=1S/C10H14N4O4/c15-8(16)10(3-1-4-10)13-9(17)11-5-2-7-12-6-18-14-7/h6H,1-5H2,(H,15,16)(H2,11,13,17). The second-order valence-electron chi connectivity index (χ2n) is 4.22. The molecule has 1 aliphatic carbocycles. The van der Waals surface area contributed by atoms with Crippen molar-refractivity contribution >= 4 is 12.0 Å². The van der Waals surface area contributed by atoms with Crippen molar-refractivity contribution in [3.8, 4) is 0 Å². The molecule has 0 aromatic carbocycles. The lowest BCUT2D eigenvalue weighted by Gasteiger charge is -2.38. The number of urea groups is 1. The highest BCUT2D eigenvalue weighted by molar-refractivity contribution is 5.87. The molecule has 0 radical (unpaired) electrons. The topological polar surface area (TPSA) is 117 Å². The molecule has 0 saturated heterocycles. The van der Waals surface area contributed by atoms with E-state index in [1.807, 2.05) is 0 Å². The van der Waals surface area contributed by atoms with Crippen LogP contribution in [-0.2, 0) is 11.2 Å². The number of nitrogens with zero attached hydrogens (tertiary/aromatic N) is 2. The molecule has 2 amide bonds. The van der Waals surface area contributed by atoms with E-state index in [-0.39, 0.29) is 0 Å². The van der Waals surface area contributed by atoms with Crippen LogP contribution in [0.15, 0.2) is 10.9 Å². The molecule has 1 aromatic rings. The minimum atomic E-state index is -1.09. The Bertz CT molecular complexity index is 427. The Morgan fingerprint density at radius 3 is 2.78 bits per heavy atom. The van der Waals surface area contributed by atoms with E-state index in [2.05, 4.69) is 25.3 Å². The summed E-state index contributed by atoms with van der Waals surface area (Å²) in [5, 5.41) is 17.7. The summed E-state index contributed by atoms with van der Waals surface area (Å²) in [6.07, 6.45) is 3.41. The molecule has 1 saturated carbocycles. The molecule has 0 bridgehead atoms. The molecule has 0 aliphatic heterocycles. The highest BCUT2D eigenvalue weighted by Gasteiger charge is 2.45. The van der Waals surface area contributed by atoms with Gasteiger partial charge in [0.1, 0.15) is 5.54 Å². The van der Waals surface area contributed by atoms with Crippen molar-refractivity contribution in [2.24, 2.45) is 0 Å². The van der Waals surface area contributed by atoms with E-state index in [0.29, 0.717) is 31.6 Å². The van der Waals surface area contributed by atoms with Crippen LogP contribution in [0.1, 0.15) is 25.1 Å². The fraction of sp³-hybridized carbons (Fsp3) is 0.600. The van der Waals surface area contributed by atoms with E-state index in [9.17, 15) is 9.59 Å². The predicted octanol–water partition coefficient (Wildman–Crippen LogP) is -0.0814. The van der Waals surface area contributed by atoms with Gasteiger partial charge in [-0.1, -0.05) is 5.16 Å². The summed E-state index contributed by atoms with van der Waals surface area (Å²) < 4.78 is 4.54. The van der Waals surface area contributed by atoms with Crippen molar-refractivity contribution in [3.63, 3.8) is 0 Å². The Morgan fingerprint density at radius 1 is 1.50 bits per heavy atom. The predicted molar refractivity (Wildman–Crippen MR) is 58.8 cm³/mol. The normalized spacial score (nSPS) is 16.7. The molecule has 18 heavy (non-hydrogen) atoms. The summed E-state index contributed by atoms with van der Waals surface area (Å²) in [4.78, 5) is 26.4. The second kappa shape index (κ2) is 5.03. The summed E-state index contributed by atoms with van der Waals surface area (Å²) in [6, 6.07) is -0.486. The number of hydrogen-bond donors (Lipinski definition) is 3. The highest BCUT2D eigenvalue weighted by Crippen LogP contribution is 2.31. The number of hydrogen-bond acceptors (Lipinski definition) is 5. The third kappa shape index (κ3) is 2.58. The lowest BCUT2D eigenvalue weighted by atomic mass is 9.77. The monoisotopic (exact) mass is 254 g/mol. The maximum atomic E-state index is 11.5. The average Bonchev–Trinajstić information content (AvgIpc) is 2.76. The van der Waals surface area contributed by atoms with Crippen LogP contribution in [0.5, 0.6) is 0 Å². The van der Waals surface area contributed by atoms with Crippen molar-refractivity contribution in [2.75, 3.05) is 6.54 Å². The summed E-state index contributed by atoms with van der Waals surface area (Å²) in [5.41, 5.74) is -1.09. The first kappa shape index (κ1) is 12.3. The first-order chi connectivity index (χ1) is 8.62. The molecule has 8 nitrogen and oxygen atoms in total. The van der Waals surface area contributed by atoms with Crippen LogP contribution in [0.3, 0.4) is 0 Å². The first-order valence-corrected chi connectivity index (χ1v) is 5.67. The van der Waals surface area contributed by atoms with Crippen molar-refractivity contribution in [1.82, 2.24) is 20.8 Å². The quantitative estimate of drug-likeness (QED) is 0.676. The number of amides is 2. The largest absolute Gasteiger partial charge is 0.480 e. The Hall–Kier alpha value is -2.12. The Balaban J connectivity index is 1.73. The maximum Gasteiger partial charge on any atom is 0.329 e. The van der Waals surface area contributed by atoms with Crippen LogP contribution >= 0.6 is 0 Å². The van der Waals surface area contributed by atoms with Crippen LogP contribution in [0.25, 0.3) is 0 Å². The van der Waals surface area contributed by atoms with Gasteiger partial charge in [0.05, 0.1) is 0 Å². The summed E-state index contributed by atoms with van der Waals surface area (Å²) >= 11 is 0. The molecule has 2 rings (SSSR count). The minimum absolute atomic E-state index is 0.321. The van der Waals surface area contributed by atoms with Crippen LogP contribution < -0.4 is 10.6 Å². The van der Waals surface area contributed by atoms with Gasteiger partial charge < -0.3 is 20.3 Å². The molecule has 98 valence electrons. The number of nitrogens with one attached hydrogen (secondary N) is 2. The number of aliphatic carboxylic acids is 1. The molecule has 8 heteroatoms. The molecule has 0 spiro atoms.